The first-order valence-corrected chi connectivity index (χ1v) is 6.35. The normalized spacial score (nSPS) is 12.5. The third kappa shape index (κ3) is 5.35. The van der Waals surface area contributed by atoms with Crippen molar-refractivity contribution in [3.05, 3.63) is 41.6 Å². The van der Waals surface area contributed by atoms with Crippen LogP contribution in [0.1, 0.15) is 18.9 Å². The Bertz CT molecular complexity index is 511. The summed E-state index contributed by atoms with van der Waals surface area (Å²) in [5.74, 6) is -0.0379. The fourth-order valence-corrected chi connectivity index (χ4v) is 1.63. The van der Waals surface area contributed by atoms with Gasteiger partial charge in [-0.15, -0.1) is 0 Å². The summed E-state index contributed by atoms with van der Waals surface area (Å²) in [7, 11) is -4.97. The molecule has 0 unspecified atom stereocenters. The van der Waals surface area contributed by atoms with Crippen LogP contribution in [0.15, 0.2) is 36.0 Å². The standard InChI is InChI=1S/C11H14FNO3S/c1-2-10(13)7-6-9-4-3-5-11(8-9)16-17(12,14)15/h2-5,8H,6-7,13H2,1H3/b10-2+. The van der Waals surface area contributed by atoms with Crippen LogP contribution in [0.4, 0.5) is 3.89 Å². The van der Waals surface area contributed by atoms with E-state index in [4.69, 9.17) is 5.73 Å². The minimum Gasteiger partial charge on any atom is -0.402 e. The fourth-order valence-electron chi connectivity index (χ4n) is 1.30. The highest BCUT2D eigenvalue weighted by atomic mass is 32.3. The monoisotopic (exact) mass is 259 g/mol. The average molecular weight is 259 g/mol. The minimum absolute atomic E-state index is 0.0379. The molecule has 0 atom stereocenters. The third-order valence-electron chi connectivity index (χ3n) is 2.17. The van der Waals surface area contributed by atoms with Gasteiger partial charge in [0.25, 0.3) is 0 Å². The smallest absolute Gasteiger partial charge is 0.402 e. The van der Waals surface area contributed by atoms with Crippen molar-refractivity contribution in [1.29, 1.82) is 0 Å². The highest BCUT2D eigenvalue weighted by Crippen LogP contribution is 2.17. The van der Waals surface area contributed by atoms with Crippen molar-refractivity contribution in [1.82, 2.24) is 0 Å². The molecule has 0 aliphatic heterocycles. The van der Waals surface area contributed by atoms with Gasteiger partial charge >= 0.3 is 10.5 Å². The van der Waals surface area contributed by atoms with Crippen LogP contribution < -0.4 is 9.92 Å². The molecule has 0 amide bonds. The van der Waals surface area contributed by atoms with Gasteiger partial charge in [0, 0.05) is 5.70 Å². The van der Waals surface area contributed by atoms with E-state index in [-0.39, 0.29) is 5.75 Å². The van der Waals surface area contributed by atoms with Crippen molar-refractivity contribution in [2.45, 2.75) is 19.8 Å². The number of aryl methyl sites for hydroxylation is 1. The van der Waals surface area contributed by atoms with Gasteiger partial charge in [-0.25, -0.2) is 0 Å². The first kappa shape index (κ1) is 13.5. The van der Waals surface area contributed by atoms with Crippen LogP contribution in [0, 0.1) is 0 Å². The molecule has 0 heterocycles. The van der Waals surface area contributed by atoms with Crippen LogP contribution >= 0.6 is 0 Å². The Kier molecular flexibility index (Phi) is 4.51. The summed E-state index contributed by atoms with van der Waals surface area (Å²) in [6, 6.07) is 6.24. The lowest BCUT2D eigenvalue weighted by Crippen LogP contribution is -2.02. The van der Waals surface area contributed by atoms with E-state index in [1.165, 1.54) is 12.1 Å². The molecule has 94 valence electrons. The predicted octanol–water partition coefficient (Wildman–Crippen LogP) is 2.07. The SMILES string of the molecule is C/C=C(/N)CCc1cccc(OS(=O)(=O)F)c1. The Morgan fingerprint density at radius 1 is 1.53 bits per heavy atom. The van der Waals surface area contributed by atoms with E-state index in [0.717, 1.165) is 11.3 Å². The van der Waals surface area contributed by atoms with Crippen molar-refractivity contribution >= 4 is 10.5 Å². The van der Waals surface area contributed by atoms with Crippen LogP contribution in [0.25, 0.3) is 0 Å². The molecule has 0 saturated heterocycles. The Labute approximate surface area is 100 Å². The third-order valence-corrected chi connectivity index (χ3v) is 2.56. The van der Waals surface area contributed by atoms with Gasteiger partial charge in [0.1, 0.15) is 5.75 Å². The first-order valence-electron chi connectivity index (χ1n) is 5.04. The fraction of sp³-hybridized carbons (Fsp3) is 0.273. The van der Waals surface area contributed by atoms with Crippen LogP contribution in [-0.4, -0.2) is 8.42 Å². The second-order valence-corrected chi connectivity index (χ2v) is 4.44. The molecular formula is C11H14FNO3S. The van der Waals surface area contributed by atoms with Crippen molar-refractivity contribution < 1.29 is 16.5 Å². The summed E-state index contributed by atoms with van der Waals surface area (Å²) in [6.45, 7) is 1.84. The molecule has 0 saturated carbocycles. The molecule has 1 rings (SSSR count). The number of nitrogens with two attached hydrogens (primary N) is 1. The quantitative estimate of drug-likeness (QED) is 0.822. The summed E-state index contributed by atoms with van der Waals surface area (Å²) in [6.07, 6.45) is 3.09. The maximum Gasteiger partial charge on any atom is 0.488 e. The van der Waals surface area contributed by atoms with E-state index >= 15 is 0 Å². The van der Waals surface area contributed by atoms with Gasteiger partial charge in [0.2, 0.25) is 0 Å². The molecule has 0 fully saturated rings. The molecule has 4 nitrogen and oxygen atoms in total. The summed E-state index contributed by atoms with van der Waals surface area (Å²) in [5.41, 5.74) is 7.21. The largest absolute Gasteiger partial charge is 0.488 e. The van der Waals surface area contributed by atoms with Gasteiger partial charge in [0.15, 0.2) is 0 Å². The number of allylic oxidation sites excluding steroid dienone is 2. The van der Waals surface area contributed by atoms with E-state index in [9.17, 15) is 12.3 Å². The van der Waals surface area contributed by atoms with Crippen molar-refractivity contribution in [2.75, 3.05) is 0 Å². The van der Waals surface area contributed by atoms with Crippen LogP contribution in [-0.2, 0) is 16.9 Å². The highest BCUT2D eigenvalue weighted by molar-refractivity contribution is 7.81. The Morgan fingerprint density at radius 3 is 2.82 bits per heavy atom. The van der Waals surface area contributed by atoms with E-state index in [1.807, 2.05) is 6.92 Å². The van der Waals surface area contributed by atoms with E-state index in [1.54, 1.807) is 18.2 Å². The maximum absolute atomic E-state index is 12.3. The van der Waals surface area contributed by atoms with Gasteiger partial charge < -0.3 is 9.92 Å². The Hall–Kier alpha value is -1.56. The Morgan fingerprint density at radius 2 is 2.24 bits per heavy atom. The number of benzene rings is 1. The second-order valence-electron chi connectivity index (χ2n) is 3.49. The molecule has 0 aliphatic carbocycles. The summed E-state index contributed by atoms with van der Waals surface area (Å²) in [4.78, 5) is 0. The number of hydrogen-bond donors (Lipinski definition) is 1. The predicted molar refractivity (Wildman–Crippen MR) is 63.4 cm³/mol. The van der Waals surface area contributed by atoms with E-state index in [2.05, 4.69) is 4.18 Å². The van der Waals surface area contributed by atoms with Crippen molar-refractivity contribution in [3.8, 4) is 5.75 Å². The van der Waals surface area contributed by atoms with Crippen LogP contribution in [0.5, 0.6) is 5.75 Å². The minimum atomic E-state index is -4.97. The molecule has 1 aromatic carbocycles. The van der Waals surface area contributed by atoms with Gasteiger partial charge in [0.05, 0.1) is 0 Å². The number of hydrogen-bond acceptors (Lipinski definition) is 4. The van der Waals surface area contributed by atoms with Gasteiger partial charge in [-0.05, 0) is 37.5 Å². The molecule has 2 N–H and O–H groups in total. The van der Waals surface area contributed by atoms with Crippen molar-refractivity contribution in [3.63, 3.8) is 0 Å². The molecule has 0 aliphatic rings. The van der Waals surface area contributed by atoms with Gasteiger partial charge in [-0.3, -0.25) is 0 Å². The summed E-state index contributed by atoms with van der Waals surface area (Å²) in [5, 5.41) is 0. The van der Waals surface area contributed by atoms with Gasteiger partial charge in [-0.2, -0.15) is 8.42 Å². The molecule has 6 heteroatoms. The highest BCUT2D eigenvalue weighted by Gasteiger charge is 2.09. The van der Waals surface area contributed by atoms with E-state index in [0.29, 0.717) is 12.8 Å². The van der Waals surface area contributed by atoms with Crippen molar-refractivity contribution in [2.24, 2.45) is 5.73 Å². The molecule has 17 heavy (non-hydrogen) atoms. The van der Waals surface area contributed by atoms with Gasteiger partial charge in [-0.1, -0.05) is 22.1 Å². The zero-order valence-electron chi connectivity index (χ0n) is 9.39. The lowest BCUT2D eigenvalue weighted by atomic mass is 10.1. The molecular weight excluding hydrogens is 245 g/mol. The molecule has 0 bridgehead atoms. The lowest BCUT2D eigenvalue weighted by Gasteiger charge is -2.04. The lowest BCUT2D eigenvalue weighted by molar-refractivity contribution is 0.440. The molecule has 0 radical (unpaired) electrons. The zero-order chi connectivity index (χ0) is 12.9. The number of halogens is 1. The number of rotatable bonds is 5. The van der Waals surface area contributed by atoms with Crippen LogP contribution in [0.2, 0.25) is 0 Å². The van der Waals surface area contributed by atoms with E-state index < -0.39 is 10.5 Å². The second kappa shape index (κ2) is 5.67. The zero-order valence-corrected chi connectivity index (χ0v) is 10.2. The topological polar surface area (TPSA) is 69.4 Å². The molecule has 0 aromatic heterocycles. The Balaban J connectivity index is 2.73. The average Bonchev–Trinajstić information content (AvgIpc) is 2.24. The molecule has 1 aromatic rings. The maximum atomic E-state index is 12.3. The summed E-state index contributed by atoms with van der Waals surface area (Å²) < 4.78 is 37.0. The summed E-state index contributed by atoms with van der Waals surface area (Å²) >= 11 is 0. The van der Waals surface area contributed by atoms with Crippen LogP contribution in [0.3, 0.4) is 0 Å². The molecule has 0 spiro atoms. The first-order chi connectivity index (χ1) is 7.90.